The Morgan fingerprint density at radius 1 is 1.38 bits per heavy atom. The SMILES string of the molecule is CC1(C)OCC(CCCO)(CS(=O)(=O)O)O1. The van der Waals surface area contributed by atoms with Crippen LogP contribution >= 0.6 is 0 Å². The molecule has 1 heterocycles. The minimum atomic E-state index is -4.13. The molecule has 0 aliphatic carbocycles. The van der Waals surface area contributed by atoms with E-state index in [1.807, 2.05) is 0 Å². The molecule has 1 rings (SSSR count). The van der Waals surface area contributed by atoms with Crippen molar-refractivity contribution in [2.75, 3.05) is 19.0 Å². The minimum absolute atomic E-state index is 0.0585. The number of hydrogen-bond acceptors (Lipinski definition) is 5. The van der Waals surface area contributed by atoms with E-state index in [0.29, 0.717) is 12.8 Å². The van der Waals surface area contributed by atoms with Crippen molar-refractivity contribution in [3.8, 4) is 0 Å². The van der Waals surface area contributed by atoms with Crippen molar-refractivity contribution in [2.24, 2.45) is 0 Å². The summed E-state index contributed by atoms with van der Waals surface area (Å²) in [5, 5.41) is 8.76. The van der Waals surface area contributed by atoms with E-state index in [-0.39, 0.29) is 13.2 Å². The molecule has 1 saturated heterocycles. The molecule has 96 valence electrons. The van der Waals surface area contributed by atoms with Crippen LogP contribution in [0.4, 0.5) is 0 Å². The summed E-state index contributed by atoms with van der Waals surface area (Å²) in [5.41, 5.74) is -1.06. The highest BCUT2D eigenvalue weighted by Gasteiger charge is 2.47. The summed E-state index contributed by atoms with van der Waals surface area (Å²) in [6.45, 7) is 3.40. The summed E-state index contributed by atoms with van der Waals surface area (Å²) in [4.78, 5) is 0. The maximum Gasteiger partial charge on any atom is 0.267 e. The van der Waals surface area contributed by atoms with E-state index in [1.165, 1.54) is 0 Å². The Kier molecular flexibility index (Phi) is 3.96. The van der Waals surface area contributed by atoms with Crippen molar-refractivity contribution in [1.29, 1.82) is 0 Å². The molecule has 1 fully saturated rings. The predicted molar refractivity (Wildman–Crippen MR) is 56.6 cm³/mol. The summed E-state index contributed by atoms with van der Waals surface area (Å²) in [5.74, 6) is -1.37. The van der Waals surface area contributed by atoms with Gasteiger partial charge in [0.05, 0.1) is 6.61 Å². The molecule has 1 atom stereocenters. The predicted octanol–water partition coefficient (Wildman–Crippen LogP) is 0.168. The van der Waals surface area contributed by atoms with Crippen molar-refractivity contribution in [3.63, 3.8) is 0 Å². The lowest BCUT2D eigenvalue weighted by Gasteiger charge is -2.27. The van der Waals surface area contributed by atoms with Crippen LogP contribution in [0.1, 0.15) is 26.7 Å². The second-order valence-electron chi connectivity index (χ2n) is 4.53. The van der Waals surface area contributed by atoms with Gasteiger partial charge in [-0.15, -0.1) is 0 Å². The highest BCUT2D eigenvalue weighted by atomic mass is 32.2. The zero-order valence-corrected chi connectivity index (χ0v) is 10.3. The van der Waals surface area contributed by atoms with Gasteiger partial charge in [-0.3, -0.25) is 4.55 Å². The summed E-state index contributed by atoms with van der Waals surface area (Å²) >= 11 is 0. The van der Waals surface area contributed by atoms with Gasteiger partial charge in [0.25, 0.3) is 10.1 Å². The maximum atomic E-state index is 10.9. The molecule has 2 N–H and O–H groups in total. The summed E-state index contributed by atoms with van der Waals surface area (Å²) < 4.78 is 41.6. The van der Waals surface area contributed by atoms with Crippen molar-refractivity contribution in [3.05, 3.63) is 0 Å². The Bertz CT molecular complexity index is 336. The molecule has 1 aliphatic heterocycles. The van der Waals surface area contributed by atoms with Gasteiger partial charge in [-0.25, -0.2) is 0 Å². The first kappa shape index (κ1) is 13.9. The molecule has 6 nitrogen and oxygen atoms in total. The highest BCUT2D eigenvalue weighted by Crippen LogP contribution is 2.35. The van der Waals surface area contributed by atoms with Crippen LogP contribution in [0.25, 0.3) is 0 Å². The molecule has 0 amide bonds. The molecular weight excluding hydrogens is 236 g/mol. The zero-order chi connectivity index (χ0) is 12.4. The molecular formula is C9H18O6S. The Morgan fingerprint density at radius 2 is 2.00 bits per heavy atom. The smallest absolute Gasteiger partial charge is 0.267 e. The van der Waals surface area contributed by atoms with Crippen LogP contribution in [-0.2, 0) is 19.6 Å². The van der Waals surface area contributed by atoms with Crippen LogP contribution in [0.15, 0.2) is 0 Å². The number of rotatable bonds is 5. The lowest BCUT2D eigenvalue weighted by Crippen LogP contribution is -2.41. The van der Waals surface area contributed by atoms with Crippen LogP contribution in [0, 0.1) is 0 Å². The third kappa shape index (κ3) is 3.99. The first-order valence-electron chi connectivity index (χ1n) is 5.08. The van der Waals surface area contributed by atoms with Gasteiger partial charge in [-0.05, 0) is 26.7 Å². The number of aliphatic hydroxyl groups is 1. The van der Waals surface area contributed by atoms with Crippen molar-refractivity contribution >= 4 is 10.1 Å². The lowest BCUT2D eigenvalue weighted by atomic mass is 10.0. The molecule has 0 aromatic heterocycles. The van der Waals surface area contributed by atoms with E-state index in [4.69, 9.17) is 19.1 Å². The lowest BCUT2D eigenvalue weighted by molar-refractivity contribution is -0.158. The first-order valence-corrected chi connectivity index (χ1v) is 6.69. The average Bonchev–Trinajstić information content (AvgIpc) is 2.36. The molecule has 1 aliphatic rings. The van der Waals surface area contributed by atoms with Gasteiger partial charge in [-0.1, -0.05) is 0 Å². The summed E-state index contributed by atoms with van der Waals surface area (Å²) in [7, 11) is -4.13. The summed E-state index contributed by atoms with van der Waals surface area (Å²) in [6.07, 6.45) is 0.724. The van der Waals surface area contributed by atoms with Crippen LogP contribution in [-0.4, -0.2) is 48.4 Å². The van der Waals surface area contributed by atoms with Gasteiger partial charge < -0.3 is 14.6 Å². The zero-order valence-electron chi connectivity index (χ0n) is 9.47. The van der Waals surface area contributed by atoms with E-state index in [0.717, 1.165) is 0 Å². The number of aliphatic hydroxyl groups excluding tert-OH is 1. The molecule has 1 unspecified atom stereocenters. The van der Waals surface area contributed by atoms with E-state index < -0.39 is 27.3 Å². The van der Waals surface area contributed by atoms with Gasteiger partial charge >= 0.3 is 0 Å². The molecule has 16 heavy (non-hydrogen) atoms. The van der Waals surface area contributed by atoms with Crippen molar-refractivity contribution in [2.45, 2.75) is 38.1 Å². The van der Waals surface area contributed by atoms with E-state index in [2.05, 4.69) is 0 Å². The Hall–Kier alpha value is -0.210. The topological polar surface area (TPSA) is 93.1 Å². The van der Waals surface area contributed by atoms with Gasteiger partial charge in [0.1, 0.15) is 11.4 Å². The average molecular weight is 254 g/mol. The molecule has 0 spiro atoms. The van der Waals surface area contributed by atoms with E-state index in [9.17, 15) is 8.42 Å². The van der Waals surface area contributed by atoms with Crippen LogP contribution in [0.5, 0.6) is 0 Å². The van der Waals surface area contributed by atoms with E-state index in [1.54, 1.807) is 13.8 Å². The fraction of sp³-hybridized carbons (Fsp3) is 1.00. The van der Waals surface area contributed by atoms with Gasteiger partial charge in [-0.2, -0.15) is 8.42 Å². The maximum absolute atomic E-state index is 10.9. The summed E-state index contributed by atoms with van der Waals surface area (Å²) in [6, 6.07) is 0. The van der Waals surface area contributed by atoms with E-state index >= 15 is 0 Å². The molecule has 0 radical (unpaired) electrons. The molecule has 0 saturated carbocycles. The Labute approximate surface area is 95.3 Å². The third-order valence-electron chi connectivity index (χ3n) is 2.38. The third-order valence-corrected chi connectivity index (χ3v) is 3.27. The van der Waals surface area contributed by atoms with Crippen LogP contribution < -0.4 is 0 Å². The largest absolute Gasteiger partial charge is 0.396 e. The molecule has 0 bridgehead atoms. The monoisotopic (exact) mass is 254 g/mol. The highest BCUT2D eigenvalue weighted by molar-refractivity contribution is 7.85. The molecule has 0 aromatic rings. The quantitative estimate of drug-likeness (QED) is 0.679. The van der Waals surface area contributed by atoms with Crippen LogP contribution in [0.2, 0.25) is 0 Å². The minimum Gasteiger partial charge on any atom is -0.396 e. The fourth-order valence-corrected chi connectivity index (χ4v) is 2.84. The fourth-order valence-electron chi connectivity index (χ4n) is 1.89. The number of ether oxygens (including phenoxy) is 2. The van der Waals surface area contributed by atoms with Gasteiger partial charge in [0, 0.05) is 6.61 Å². The van der Waals surface area contributed by atoms with Gasteiger partial charge in [0.2, 0.25) is 0 Å². The first-order chi connectivity index (χ1) is 7.18. The molecule has 0 aromatic carbocycles. The second kappa shape index (κ2) is 4.58. The Morgan fingerprint density at radius 3 is 2.38 bits per heavy atom. The number of hydrogen-bond donors (Lipinski definition) is 2. The van der Waals surface area contributed by atoms with Crippen molar-refractivity contribution in [1.82, 2.24) is 0 Å². The molecule has 7 heteroatoms. The second-order valence-corrected chi connectivity index (χ2v) is 5.98. The van der Waals surface area contributed by atoms with Gasteiger partial charge in [0.15, 0.2) is 5.79 Å². The normalized spacial score (nSPS) is 29.5. The van der Waals surface area contributed by atoms with Crippen molar-refractivity contribution < 1.29 is 27.6 Å². The van der Waals surface area contributed by atoms with Crippen LogP contribution in [0.3, 0.4) is 0 Å². The Balaban J connectivity index is 2.79. The standard InChI is InChI=1S/C9H18O6S/c1-8(2)14-6-9(15-8,4-3-5-10)7-16(11,12)13/h10H,3-7H2,1-2H3,(H,11,12,13).